The molecule has 0 saturated heterocycles. The Kier molecular flexibility index (Phi) is 4.89. The second-order valence-corrected chi connectivity index (χ2v) is 4.76. The van der Waals surface area contributed by atoms with E-state index in [-0.39, 0.29) is 18.0 Å². The minimum Gasteiger partial charge on any atom is -0.462 e. The Morgan fingerprint density at radius 3 is 2.95 bits per heavy atom. The fourth-order valence-electron chi connectivity index (χ4n) is 1.45. The third-order valence-corrected chi connectivity index (χ3v) is 3.31. The molecule has 7 heteroatoms. The lowest BCUT2D eigenvalue weighted by molar-refractivity contribution is 0.0526. The summed E-state index contributed by atoms with van der Waals surface area (Å²) in [4.78, 5) is 23.8. The van der Waals surface area contributed by atoms with Crippen molar-refractivity contribution < 1.29 is 9.53 Å². The van der Waals surface area contributed by atoms with Crippen molar-refractivity contribution in [3.8, 4) is 0 Å². The number of nitrogens with two attached hydrogens (primary N) is 1. The van der Waals surface area contributed by atoms with E-state index in [1.54, 1.807) is 19.3 Å². The molecule has 0 fully saturated rings. The Labute approximate surface area is 120 Å². The highest BCUT2D eigenvalue weighted by molar-refractivity contribution is 7.98. The number of nitrogens with zero attached hydrogens (tertiary/aromatic N) is 3. The van der Waals surface area contributed by atoms with Gasteiger partial charge in [0.15, 0.2) is 5.16 Å². The van der Waals surface area contributed by atoms with Gasteiger partial charge in [0.2, 0.25) is 0 Å². The van der Waals surface area contributed by atoms with Gasteiger partial charge in [0.25, 0.3) is 0 Å². The zero-order chi connectivity index (χ0) is 14.4. The van der Waals surface area contributed by atoms with Crippen LogP contribution in [0.5, 0.6) is 0 Å². The van der Waals surface area contributed by atoms with Crippen LogP contribution in [-0.2, 0) is 10.5 Å². The number of carbonyl (C=O) groups is 1. The number of nitrogen functional groups attached to an aromatic ring is 1. The van der Waals surface area contributed by atoms with Crippen molar-refractivity contribution in [1.82, 2.24) is 15.0 Å². The molecule has 0 aromatic carbocycles. The molecule has 6 nitrogen and oxygen atoms in total. The summed E-state index contributed by atoms with van der Waals surface area (Å²) in [5.74, 6) is 0.312. The average molecular weight is 290 g/mol. The third kappa shape index (κ3) is 3.67. The summed E-state index contributed by atoms with van der Waals surface area (Å²) >= 11 is 1.43. The second-order valence-electron chi connectivity index (χ2n) is 3.82. The quantitative estimate of drug-likeness (QED) is 0.511. The number of rotatable bonds is 5. The molecule has 0 atom stereocenters. The van der Waals surface area contributed by atoms with Gasteiger partial charge in [0, 0.05) is 24.3 Å². The molecule has 0 aliphatic carbocycles. The highest BCUT2D eigenvalue weighted by Gasteiger charge is 2.13. The van der Waals surface area contributed by atoms with Gasteiger partial charge in [-0.1, -0.05) is 17.8 Å². The first-order chi connectivity index (χ1) is 9.70. The molecule has 0 aliphatic heterocycles. The van der Waals surface area contributed by atoms with Gasteiger partial charge >= 0.3 is 5.97 Å². The van der Waals surface area contributed by atoms with E-state index in [0.717, 1.165) is 5.56 Å². The highest BCUT2D eigenvalue weighted by atomic mass is 32.2. The minimum atomic E-state index is -0.506. The maximum atomic E-state index is 11.6. The number of aromatic nitrogens is 3. The maximum Gasteiger partial charge on any atom is 0.343 e. The predicted molar refractivity (Wildman–Crippen MR) is 76.2 cm³/mol. The Hall–Kier alpha value is -2.15. The summed E-state index contributed by atoms with van der Waals surface area (Å²) in [6.07, 6.45) is 4.89. The largest absolute Gasteiger partial charge is 0.462 e. The number of thioether (sulfide) groups is 1. The average Bonchev–Trinajstić information content (AvgIpc) is 2.46. The maximum absolute atomic E-state index is 11.6. The molecule has 2 rings (SSSR count). The molecule has 0 radical (unpaired) electrons. The number of hydrogen-bond donors (Lipinski definition) is 1. The van der Waals surface area contributed by atoms with E-state index in [0.29, 0.717) is 10.9 Å². The van der Waals surface area contributed by atoms with Gasteiger partial charge in [-0.2, -0.15) is 0 Å². The van der Waals surface area contributed by atoms with Crippen LogP contribution in [0, 0.1) is 0 Å². The summed E-state index contributed by atoms with van der Waals surface area (Å²) in [5.41, 5.74) is 7.00. The lowest BCUT2D eigenvalue weighted by atomic mass is 10.3. The fraction of sp³-hybridized carbons (Fsp3) is 0.231. The number of esters is 1. The van der Waals surface area contributed by atoms with Crippen molar-refractivity contribution in [1.29, 1.82) is 0 Å². The summed E-state index contributed by atoms with van der Waals surface area (Å²) in [5, 5.41) is 0.513. The van der Waals surface area contributed by atoms with E-state index < -0.39 is 5.97 Å². The van der Waals surface area contributed by atoms with Crippen LogP contribution in [0.2, 0.25) is 0 Å². The number of pyridine rings is 1. The first-order valence-corrected chi connectivity index (χ1v) is 7.00. The highest BCUT2D eigenvalue weighted by Crippen LogP contribution is 2.20. The monoisotopic (exact) mass is 290 g/mol. The van der Waals surface area contributed by atoms with Crippen molar-refractivity contribution >= 4 is 23.5 Å². The van der Waals surface area contributed by atoms with Crippen molar-refractivity contribution in [2.45, 2.75) is 17.8 Å². The zero-order valence-electron chi connectivity index (χ0n) is 10.9. The van der Waals surface area contributed by atoms with Gasteiger partial charge in [-0.25, -0.2) is 14.8 Å². The smallest absolute Gasteiger partial charge is 0.343 e. The normalized spacial score (nSPS) is 10.2. The van der Waals surface area contributed by atoms with Crippen LogP contribution >= 0.6 is 11.8 Å². The molecule has 104 valence electrons. The summed E-state index contributed by atoms with van der Waals surface area (Å²) < 4.78 is 4.86. The van der Waals surface area contributed by atoms with Crippen molar-refractivity contribution in [3.05, 3.63) is 41.9 Å². The lowest BCUT2D eigenvalue weighted by Gasteiger charge is -2.05. The Balaban J connectivity index is 2.04. The first kappa shape index (κ1) is 14.3. The van der Waals surface area contributed by atoms with Gasteiger partial charge in [-0.3, -0.25) is 4.98 Å². The van der Waals surface area contributed by atoms with E-state index >= 15 is 0 Å². The van der Waals surface area contributed by atoms with Crippen molar-refractivity contribution in [3.63, 3.8) is 0 Å². The standard InChI is InChI=1S/C13H14N4O2S/c1-2-19-12(18)10-7-16-13(17-11(10)14)20-8-9-4-3-5-15-6-9/h3-7H,2,8H2,1H3,(H2,14,16,17). The molecule has 2 N–H and O–H groups in total. The molecule has 0 bridgehead atoms. The number of carbonyl (C=O) groups excluding carboxylic acids is 1. The minimum absolute atomic E-state index is 0.132. The molecule has 0 saturated carbocycles. The molecule has 2 aromatic heterocycles. The lowest BCUT2D eigenvalue weighted by Crippen LogP contribution is -2.10. The van der Waals surface area contributed by atoms with Crippen molar-refractivity contribution in [2.24, 2.45) is 0 Å². The van der Waals surface area contributed by atoms with Gasteiger partial charge in [-0.05, 0) is 18.6 Å². The van der Waals surface area contributed by atoms with E-state index in [2.05, 4.69) is 15.0 Å². The Morgan fingerprint density at radius 1 is 1.45 bits per heavy atom. The molecule has 0 aliphatic rings. The van der Waals surface area contributed by atoms with Gasteiger partial charge in [0.05, 0.1) is 6.61 Å². The fourth-order valence-corrected chi connectivity index (χ4v) is 2.20. The molecule has 0 amide bonds. The van der Waals surface area contributed by atoms with Gasteiger partial charge < -0.3 is 10.5 Å². The number of ether oxygens (including phenoxy) is 1. The molecule has 20 heavy (non-hydrogen) atoms. The molecular formula is C13H14N4O2S. The van der Waals surface area contributed by atoms with E-state index in [1.807, 2.05) is 12.1 Å². The topological polar surface area (TPSA) is 91.0 Å². The summed E-state index contributed by atoms with van der Waals surface area (Å²) in [6, 6.07) is 3.84. The van der Waals surface area contributed by atoms with Crippen LogP contribution < -0.4 is 5.73 Å². The predicted octanol–water partition coefficient (Wildman–Crippen LogP) is 1.92. The number of anilines is 1. The molecule has 0 unspecified atom stereocenters. The number of hydrogen-bond acceptors (Lipinski definition) is 7. The van der Waals surface area contributed by atoms with E-state index in [4.69, 9.17) is 10.5 Å². The molecular weight excluding hydrogens is 276 g/mol. The van der Waals surface area contributed by atoms with E-state index in [9.17, 15) is 4.79 Å². The first-order valence-electron chi connectivity index (χ1n) is 6.02. The van der Waals surface area contributed by atoms with Crippen LogP contribution in [0.1, 0.15) is 22.8 Å². The van der Waals surface area contributed by atoms with Crippen LogP contribution in [0.3, 0.4) is 0 Å². The van der Waals surface area contributed by atoms with Gasteiger partial charge in [0.1, 0.15) is 11.4 Å². The van der Waals surface area contributed by atoms with Crippen LogP contribution in [0.4, 0.5) is 5.82 Å². The van der Waals surface area contributed by atoms with Crippen LogP contribution in [-0.4, -0.2) is 27.5 Å². The van der Waals surface area contributed by atoms with Crippen LogP contribution in [0.15, 0.2) is 35.9 Å². The molecule has 0 spiro atoms. The third-order valence-electron chi connectivity index (χ3n) is 2.38. The van der Waals surface area contributed by atoms with Gasteiger partial charge in [-0.15, -0.1) is 0 Å². The zero-order valence-corrected chi connectivity index (χ0v) is 11.8. The molecule has 2 aromatic rings. The second kappa shape index (κ2) is 6.85. The SMILES string of the molecule is CCOC(=O)c1cnc(SCc2cccnc2)nc1N. The van der Waals surface area contributed by atoms with Crippen LogP contribution in [0.25, 0.3) is 0 Å². The van der Waals surface area contributed by atoms with E-state index in [1.165, 1.54) is 18.0 Å². The Morgan fingerprint density at radius 2 is 2.30 bits per heavy atom. The summed E-state index contributed by atoms with van der Waals surface area (Å²) in [6.45, 7) is 2.02. The Bertz CT molecular complexity index is 592. The molecule has 2 heterocycles. The van der Waals surface area contributed by atoms with Crippen molar-refractivity contribution in [2.75, 3.05) is 12.3 Å². The summed E-state index contributed by atoms with van der Waals surface area (Å²) in [7, 11) is 0.